The van der Waals surface area contributed by atoms with E-state index < -0.39 is 0 Å². The van der Waals surface area contributed by atoms with Crippen molar-refractivity contribution in [2.75, 3.05) is 7.05 Å². The van der Waals surface area contributed by atoms with Gasteiger partial charge in [-0.05, 0) is 50.2 Å². The van der Waals surface area contributed by atoms with E-state index in [1.165, 1.54) is 11.1 Å². The van der Waals surface area contributed by atoms with E-state index in [0.29, 0.717) is 5.88 Å². The van der Waals surface area contributed by atoms with E-state index in [-0.39, 0.29) is 0 Å². The summed E-state index contributed by atoms with van der Waals surface area (Å²) in [5.74, 6) is 1.47. The van der Waals surface area contributed by atoms with Crippen LogP contribution in [-0.4, -0.2) is 12.0 Å². The second-order valence-corrected chi connectivity index (χ2v) is 4.40. The zero-order chi connectivity index (χ0) is 13.0. The molecule has 0 amide bonds. The summed E-state index contributed by atoms with van der Waals surface area (Å²) in [4.78, 5) is 4.39. The lowest BCUT2D eigenvalue weighted by molar-refractivity contribution is 0.460. The van der Waals surface area contributed by atoms with Crippen molar-refractivity contribution >= 4 is 0 Å². The van der Waals surface area contributed by atoms with Gasteiger partial charge in [0.05, 0.1) is 0 Å². The maximum absolute atomic E-state index is 5.79. The molecule has 0 aliphatic heterocycles. The van der Waals surface area contributed by atoms with Gasteiger partial charge in [-0.1, -0.05) is 12.1 Å². The smallest absolute Gasteiger partial charge is 0.219 e. The minimum atomic E-state index is 0.644. The predicted molar refractivity (Wildman–Crippen MR) is 73.0 cm³/mol. The van der Waals surface area contributed by atoms with Crippen molar-refractivity contribution in [3.8, 4) is 11.6 Å². The van der Waals surface area contributed by atoms with Gasteiger partial charge >= 0.3 is 0 Å². The first kappa shape index (κ1) is 12.6. The van der Waals surface area contributed by atoms with Crippen LogP contribution in [0.1, 0.15) is 16.8 Å². The van der Waals surface area contributed by atoms with Crippen LogP contribution in [0.3, 0.4) is 0 Å². The van der Waals surface area contributed by atoms with Crippen LogP contribution in [0.5, 0.6) is 11.6 Å². The largest absolute Gasteiger partial charge is 0.439 e. The molecule has 0 spiro atoms. The van der Waals surface area contributed by atoms with E-state index in [1.54, 1.807) is 0 Å². The SMILES string of the molecule is CNCc1cc(C)nc(Oc2cccc(C)c2)c1. The van der Waals surface area contributed by atoms with Crippen molar-refractivity contribution in [1.29, 1.82) is 0 Å². The first-order valence-corrected chi connectivity index (χ1v) is 6.04. The molecule has 1 heterocycles. The van der Waals surface area contributed by atoms with Crippen LogP contribution in [0.25, 0.3) is 0 Å². The minimum Gasteiger partial charge on any atom is -0.439 e. The van der Waals surface area contributed by atoms with Crippen molar-refractivity contribution in [1.82, 2.24) is 10.3 Å². The fraction of sp³-hybridized carbons (Fsp3) is 0.267. The highest BCUT2D eigenvalue weighted by atomic mass is 16.5. The molecule has 0 radical (unpaired) electrons. The van der Waals surface area contributed by atoms with E-state index >= 15 is 0 Å². The molecule has 2 rings (SSSR count). The molecule has 0 atom stereocenters. The summed E-state index contributed by atoms with van der Waals surface area (Å²) in [7, 11) is 1.93. The van der Waals surface area contributed by atoms with Gasteiger partial charge in [0.1, 0.15) is 5.75 Å². The highest BCUT2D eigenvalue weighted by Gasteiger charge is 2.02. The van der Waals surface area contributed by atoms with Crippen LogP contribution >= 0.6 is 0 Å². The minimum absolute atomic E-state index is 0.644. The molecule has 2 aromatic rings. The number of ether oxygens (including phenoxy) is 1. The Balaban J connectivity index is 2.23. The first-order valence-electron chi connectivity index (χ1n) is 6.04. The Morgan fingerprint density at radius 2 is 2.00 bits per heavy atom. The van der Waals surface area contributed by atoms with Crippen molar-refractivity contribution < 1.29 is 4.74 Å². The van der Waals surface area contributed by atoms with Crippen molar-refractivity contribution in [3.05, 3.63) is 53.2 Å². The molecular formula is C15H18N2O. The predicted octanol–water partition coefficient (Wildman–Crippen LogP) is 3.21. The number of pyridine rings is 1. The molecular weight excluding hydrogens is 224 g/mol. The molecule has 1 N–H and O–H groups in total. The second kappa shape index (κ2) is 5.65. The molecule has 3 heteroatoms. The number of benzene rings is 1. The Bertz CT molecular complexity index is 538. The number of aryl methyl sites for hydroxylation is 2. The van der Waals surface area contributed by atoms with E-state index in [1.807, 2.05) is 51.2 Å². The lowest BCUT2D eigenvalue weighted by Crippen LogP contribution is -2.06. The maximum Gasteiger partial charge on any atom is 0.219 e. The van der Waals surface area contributed by atoms with Crippen LogP contribution in [0, 0.1) is 13.8 Å². The monoisotopic (exact) mass is 242 g/mol. The average Bonchev–Trinajstić information content (AvgIpc) is 2.28. The van der Waals surface area contributed by atoms with E-state index in [0.717, 1.165) is 18.0 Å². The van der Waals surface area contributed by atoms with Crippen LogP contribution in [-0.2, 0) is 6.54 Å². The Morgan fingerprint density at radius 3 is 2.72 bits per heavy atom. The van der Waals surface area contributed by atoms with E-state index in [9.17, 15) is 0 Å². The van der Waals surface area contributed by atoms with Crippen molar-refractivity contribution in [3.63, 3.8) is 0 Å². The van der Waals surface area contributed by atoms with Crippen molar-refractivity contribution in [2.45, 2.75) is 20.4 Å². The maximum atomic E-state index is 5.79. The Morgan fingerprint density at radius 1 is 1.17 bits per heavy atom. The summed E-state index contributed by atoms with van der Waals surface area (Å²) in [6, 6.07) is 12.0. The number of nitrogens with one attached hydrogen (secondary N) is 1. The van der Waals surface area contributed by atoms with Gasteiger partial charge in [-0.25, -0.2) is 4.98 Å². The molecule has 3 nitrogen and oxygen atoms in total. The summed E-state index contributed by atoms with van der Waals surface area (Å²) in [6.45, 7) is 4.83. The molecule has 0 unspecified atom stereocenters. The molecule has 1 aromatic carbocycles. The van der Waals surface area contributed by atoms with Gasteiger partial charge < -0.3 is 10.1 Å². The van der Waals surface area contributed by atoms with Crippen LogP contribution in [0.15, 0.2) is 36.4 Å². The van der Waals surface area contributed by atoms with E-state index in [4.69, 9.17) is 4.74 Å². The lowest BCUT2D eigenvalue weighted by Gasteiger charge is -2.08. The van der Waals surface area contributed by atoms with Gasteiger partial charge in [0.15, 0.2) is 0 Å². The zero-order valence-electron chi connectivity index (χ0n) is 11.0. The first-order chi connectivity index (χ1) is 8.67. The summed E-state index contributed by atoms with van der Waals surface area (Å²) >= 11 is 0. The fourth-order valence-corrected chi connectivity index (χ4v) is 1.86. The molecule has 0 saturated heterocycles. The summed E-state index contributed by atoms with van der Waals surface area (Å²) in [5, 5.41) is 3.13. The highest BCUT2D eigenvalue weighted by Crippen LogP contribution is 2.21. The molecule has 1 aromatic heterocycles. The van der Waals surface area contributed by atoms with Gasteiger partial charge in [-0.2, -0.15) is 0 Å². The normalized spacial score (nSPS) is 10.4. The highest BCUT2D eigenvalue weighted by molar-refractivity contribution is 5.33. The van der Waals surface area contributed by atoms with Gasteiger partial charge in [-0.3, -0.25) is 0 Å². The fourth-order valence-electron chi connectivity index (χ4n) is 1.86. The lowest BCUT2D eigenvalue weighted by atomic mass is 10.2. The Kier molecular flexibility index (Phi) is 3.95. The number of rotatable bonds is 4. The van der Waals surface area contributed by atoms with Crippen LogP contribution in [0.2, 0.25) is 0 Å². The number of nitrogens with zero attached hydrogens (tertiary/aromatic N) is 1. The molecule has 0 fully saturated rings. The summed E-state index contributed by atoms with van der Waals surface area (Å²) in [6.07, 6.45) is 0. The summed E-state index contributed by atoms with van der Waals surface area (Å²) < 4.78 is 5.79. The quantitative estimate of drug-likeness (QED) is 0.894. The molecule has 0 aliphatic rings. The van der Waals surface area contributed by atoms with Crippen LogP contribution in [0.4, 0.5) is 0 Å². The van der Waals surface area contributed by atoms with Gasteiger partial charge in [0.2, 0.25) is 5.88 Å². The van der Waals surface area contributed by atoms with Gasteiger partial charge in [-0.15, -0.1) is 0 Å². The molecule has 0 saturated carbocycles. The Labute approximate surface area is 108 Å². The Hall–Kier alpha value is -1.87. The molecule has 0 bridgehead atoms. The third-order valence-corrected chi connectivity index (χ3v) is 2.58. The van der Waals surface area contributed by atoms with E-state index in [2.05, 4.69) is 16.4 Å². The van der Waals surface area contributed by atoms with Gasteiger partial charge in [0.25, 0.3) is 0 Å². The average molecular weight is 242 g/mol. The van der Waals surface area contributed by atoms with Crippen molar-refractivity contribution in [2.24, 2.45) is 0 Å². The molecule has 18 heavy (non-hydrogen) atoms. The molecule has 94 valence electrons. The topological polar surface area (TPSA) is 34.2 Å². The number of hydrogen-bond donors (Lipinski definition) is 1. The number of hydrogen-bond acceptors (Lipinski definition) is 3. The van der Waals surface area contributed by atoms with Gasteiger partial charge in [0, 0.05) is 18.3 Å². The molecule has 0 aliphatic carbocycles. The standard InChI is InChI=1S/C15H18N2O/c1-11-5-4-6-14(7-11)18-15-9-13(10-16-3)8-12(2)17-15/h4-9,16H,10H2,1-3H3. The van der Waals surface area contributed by atoms with Crippen LogP contribution < -0.4 is 10.1 Å². The summed E-state index contributed by atoms with van der Waals surface area (Å²) in [5.41, 5.74) is 3.31. The zero-order valence-corrected chi connectivity index (χ0v) is 11.0. The third-order valence-electron chi connectivity index (χ3n) is 2.58. The number of aromatic nitrogens is 1. The third kappa shape index (κ3) is 3.31. The second-order valence-electron chi connectivity index (χ2n) is 4.40.